The van der Waals surface area contributed by atoms with E-state index < -0.39 is 0 Å². The molecule has 0 amide bonds. The first-order chi connectivity index (χ1) is 71.3. The average Bonchev–Trinajstić information content (AvgIpc) is 0.791. The summed E-state index contributed by atoms with van der Waals surface area (Å²) in [5.74, 6) is 5.71. The van der Waals surface area contributed by atoms with E-state index in [0.717, 1.165) is 167 Å². The van der Waals surface area contributed by atoms with Crippen LogP contribution in [0.2, 0.25) is 0 Å². The summed E-state index contributed by atoms with van der Waals surface area (Å²) in [6, 6.07) is 163. The highest BCUT2D eigenvalue weighted by Gasteiger charge is 2.20. The van der Waals surface area contributed by atoms with Crippen molar-refractivity contribution in [1.82, 2.24) is 74.8 Å². The molecule has 24 aromatic rings. The van der Waals surface area contributed by atoms with Crippen LogP contribution in [0.15, 0.2) is 529 Å². The topological polar surface area (TPSA) is 193 Å². The van der Waals surface area contributed by atoms with Gasteiger partial charge in [0.05, 0.1) is 22.8 Å². The molecule has 0 atom stereocenters. The van der Waals surface area contributed by atoms with Crippen LogP contribution in [0.4, 0.5) is 0 Å². The third-order valence-corrected chi connectivity index (χ3v) is 24.9. The van der Waals surface area contributed by atoms with Crippen molar-refractivity contribution in [3.8, 4) is 237 Å². The van der Waals surface area contributed by atoms with E-state index in [0.29, 0.717) is 52.4 Å². The van der Waals surface area contributed by atoms with Crippen molar-refractivity contribution in [1.29, 1.82) is 0 Å². The maximum atomic E-state index is 4.99. The fourth-order valence-electron chi connectivity index (χ4n) is 17.2. The lowest BCUT2D eigenvalue weighted by Crippen LogP contribution is -2.00. The van der Waals surface area contributed by atoms with Gasteiger partial charge in [-0.15, -0.1) is 0 Å². The van der Waals surface area contributed by atoms with Gasteiger partial charge in [-0.1, -0.05) is 406 Å². The van der Waals surface area contributed by atoms with Crippen molar-refractivity contribution in [2.45, 2.75) is 0 Å². The normalized spacial score (nSPS) is 10.9. The number of hydrogen-bond donors (Lipinski definition) is 0. The van der Waals surface area contributed by atoms with Crippen LogP contribution in [0.1, 0.15) is 0 Å². The maximum Gasteiger partial charge on any atom is 0.164 e. The highest BCUT2D eigenvalue weighted by atomic mass is 15.1. The zero-order valence-electron chi connectivity index (χ0n) is 77.9. The predicted molar refractivity (Wildman–Crippen MR) is 580 cm³/mol. The first-order valence-corrected chi connectivity index (χ1v) is 47.5. The van der Waals surface area contributed by atoms with Crippen molar-refractivity contribution >= 4 is 0 Å². The van der Waals surface area contributed by atoms with Crippen LogP contribution in [-0.2, 0) is 0 Å². The van der Waals surface area contributed by atoms with Gasteiger partial charge in [-0.2, -0.15) is 0 Å². The van der Waals surface area contributed by atoms with Gasteiger partial charge in [0.1, 0.15) is 0 Å². The van der Waals surface area contributed by atoms with Crippen LogP contribution in [0.3, 0.4) is 0 Å². The number of rotatable bonds is 21. The molecule has 0 fully saturated rings. The zero-order chi connectivity index (χ0) is 96.4. The Labute approximate surface area is 834 Å². The molecule has 678 valence electrons. The minimum atomic E-state index is 0.628. The van der Waals surface area contributed by atoms with E-state index >= 15 is 0 Å². The summed E-state index contributed by atoms with van der Waals surface area (Å²) >= 11 is 0. The van der Waals surface area contributed by atoms with Crippen molar-refractivity contribution in [3.63, 3.8) is 0 Å². The summed E-state index contributed by atoms with van der Waals surface area (Å²) in [6.07, 6.45) is 14.7. The van der Waals surface area contributed by atoms with Gasteiger partial charge < -0.3 is 0 Å². The lowest BCUT2D eigenvalue weighted by molar-refractivity contribution is 1.07. The number of hydrogen-bond acceptors (Lipinski definition) is 15. The molecule has 9 heterocycles. The van der Waals surface area contributed by atoms with Crippen LogP contribution < -0.4 is 0 Å². The Morgan fingerprint density at radius 1 is 0.0972 bits per heavy atom. The molecule has 0 radical (unpaired) electrons. The Balaban J connectivity index is 0.000000123. The SMILES string of the molecule is c1ccc(-c2ccc(-c3nc(-c4ccccc4)nc(-c4cccc(-c5ccc(-c6ccc(-c7ccccn7)nc6)cc5)c4)n3)cc2)cc1.c1ccc(-c2ccc(-c3nc(-c4ccccc4)nc(-c4cccc(-c5ccc(-c6ccc(-c7cccnc7)nc6)cc5)c4)n3)cc2)cc1.c1ccc(-c2ccc(-c3nc(-c4ccccc4)nc(-c4cccc(-c5ccc(-c6ccc(-c7ccncc7)nc6)cc5)c4)n3)cc2)cc1. The zero-order valence-corrected chi connectivity index (χ0v) is 77.9. The highest BCUT2D eigenvalue weighted by Crippen LogP contribution is 2.38. The molecule has 15 aromatic carbocycles. The largest absolute Gasteiger partial charge is 0.265 e. The Morgan fingerprint density at radius 2 is 0.312 bits per heavy atom. The second kappa shape index (κ2) is 42.5. The highest BCUT2D eigenvalue weighted by molar-refractivity contribution is 5.82. The predicted octanol–water partition coefficient (Wildman–Crippen LogP) is 31.0. The number of benzene rings is 15. The summed E-state index contributed by atoms with van der Waals surface area (Å²) < 4.78 is 0. The quantitative estimate of drug-likeness (QED) is 0.0659. The van der Waals surface area contributed by atoms with Crippen molar-refractivity contribution in [3.05, 3.63) is 529 Å². The summed E-state index contributed by atoms with van der Waals surface area (Å²) in [5, 5.41) is 0. The molecule has 0 aliphatic heterocycles. The minimum Gasteiger partial charge on any atom is -0.265 e. The van der Waals surface area contributed by atoms with Gasteiger partial charge in [0, 0.05) is 127 Å². The van der Waals surface area contributed by atoms with E-state index in [4.69, 9.17) is 44.9 Å². The summed E-state index contributed by atoms with van der Waals surface area (Å²) in [7, 11) is 0. The van der Waals surface area contributed by atoms with Gasteiger partial charge in [0.25, 0.3) is 0 Å². The van der Waals surface area contributed by atoms with Crippen molar-refractivity contribution < 1.29 is 0 Å². The Bertz CT molecular complexity index is 7660. The summed E-state index contributed by atoms with van der Waals surface area (Å²) in [6.45, 7) is 0. The molecular formula is C129H87N15. The maximum absolute atomic E-state index is 4.99. The molecule has 0 spiro atoms. The van der Waals surface area contributed by atoms with Gasteiger partial charge in [-0.25, -0.2) is 44.9 Å². The van der Waals surface area contributed by atoms with Crippen LogP contribution in [0.5, 0.6) is 0 Å². The third kappa shape index (κ3) is 21.0. The summed E-state index contributed by atoms with van der Waals surface area (Å²) in [5.41, 5.74) is 34.0. The number of pyridine rings is 6. The van der Waals surface area contributed by atoms with Gasteiger partial charge in [-0.3, -0.25) is 29.9 Å². The fourth-order valence-corrected chi connectivity index (χ4v) is 17.2. The standard InChI is InChI=1S/3C43H29N5/c1-3-9-30(10-4-1)31-20-22-35(23-21-31)42-46-41(34-11-5-2-6-12-34)47-43(48-42)37-14-7-13-36(27-37)32-16-18-33(19-17-32)38-24-25-40(45-29-38)39-15-8-26-44-28-39;1-3-10-30(11-4-1)31-21-23-35(24-22-31)42-46-41(34-12-5-2-6-13-34)47-43(48-42)37-15-9-14-36(28-37)32-17-19-33(20-18-32)38-25-26-40(45-29-38)39-16-7-8-27-44-39;1-3-8-30(9-4-1)31-18-20-36(21-19-31)42-46-41(35-10-5-2-6-11-35)47-43(48-42)38-13-7-12-37(28-38)32-14-16-33(17-15-32)39-22-23-40(45-29-39)34-24-26-44-27-25-34/h3*1-29H. The fraction of sp³-hybridized carbons (Fsp3) is 0. The lowest BCUT2D eigenvalue weighted by atomic mass is 9.99. The molecule has 15 heteroatoms. The molecule has 9 aromatic heterocycles. The van der Waals surface area contributed by atoms with Gasteiger partial charge in [0.2, 0.25) is 0 Å². The van der Waals surface area contributed by atoms with Gasteiger partial charge in [0.15, 0.2) is 52.4 Å². The van der Waals surface area contributed by atoms with E-state index in [2.05, 4.69) is 339 Å². The first-order valence-electron chi connectivity index (χ1n) is 47.5. The van der Waals surface area contributed by atoms with Crippen LogP contribution in [-0.4, -0.2) is 74.8 Å². The second-order valence-electron chi connectivity index (χ2n) is 34.3. The van der Waals surface area contributed by atoms with Crippen LogP contribution in [0, 0.1) is 0 Å². The number of aromatic nitrogens is 15. The molecule has 0 aliphatic rings. The molecule has 0 bridgehead atoms. The third-order valence-electron chi connectivity index (χ3n) is 24.9. The smallest absolute Gasteiger partial charge is 0.164 e. The Kier molecular flexibility index (Phi) is 26.4. The Hall–Kier alpha value is -19.8. The van der Waals surface area contributed by atoms with E-state index in [-0.39, 0.29) is 0 Å². The van der Waals surface area contributed by atoms with Crippen LogP contribution >= 0.6 is 0 Å². The van der Waals surface area contributed by atoms with Crippen LogP contribution in [0.25, 0.3) is 237 Å². The van der Waals surface area contributed by atoms with Crippen molar-refractivity contribution in [2.24, 2.45) is 0 Å². The van der Waals surface area contributed by atoms with Crippen molar-refractivity contribution in [2.75, 3.05) is 0 Å². The number of nitrogens with zero attached hydrogens (tertiary/aromatic N) is 15. The molecule has 15 nitrogen and oxygen atoms in total. The average molecular weight is 1850 g/mol. The minimum absolute atomic E-state index is 0.628. The van der Waals surface area contributed by atoms with Gasteiger partial charge in [-0.05, 0) is 156 Å². The molecule has 0 saturated carbocycles. The van der Waals surface area contributed by atoms with Gasteiger partial charge >= 0.3 is 0 Å². The second-order valence-corrected chi connectivity index (χ2v) is 34.3. The van der Waals surface area contributed by atoms with E-state index in [1.165, 1.54) is 16.7 Å². The molecule has 144 heavy (non-hydrogen) atoms. The molecule has 0 unspecified atom stereocenters. The molecule has 24 rings (SSSR count). The summed E-state index contributed by atoms with van der Waals surface area (Å²) in [4.78, 5) is 71.2. The molecule has 0 aliphatic carbocycles. The Morgan fingerprint density at radius 3 is 0.590 bits per heavy atom. The van der Waals surface area contributed by atoms with E-state index in [9.17, 15) is 0 Å². The molecular weight excluding hydrogens is 1760 g/mol. The van der Waals surface area contributed by atoms with E-state index in [1.54, 1.807) is 24.8 Å². The van der Waals surface area contributed by atoms with E-state index in [1.807, 2.05) is 195 Å². The molecule has 0 saturated heterocycles. The monoisotopic (exact) mass is 1850 g/mol. The molecule has 0 N–H and O–H groups in total. The first kappa shape index (κ1) is 89.4. The lowest BCUT2D eigenvalue weighted by Gasteiger charge is -2.10.